The summed E-state index contributed by atoms with van der Waals surface area (Å²) in [6.07, 6.45) is 4.12. The minimum Gasteiger partial charge on any atom is -0.353 e. The molecule has 0 aromatic carbocycles. The quantitative estimate of drug-likeness (QED) is 0.516. The van der Waals surface area contributed by atoms with Crippen LogP contribution in [0.5, 0.6) is 0 Å². The van der Waals surface area contributed by atoms with Crippen molar-refractivity contribution in [3.05, 3.63) is 54.5 Å². The number of aromatic nitrogens is 7. The molecule has 1 aliphatic heterocycles. The SMILES string of the molecule is CC1CN(c2ccnc(-c3cnc4cnc(C(F)(F)F)cn34)n2)CC(c2cn[nH]c2)N1. The summed E-state index contributed by atoms with van der Waals surface area (Å²) >= 11 is 0. The number of rotatable bonds is 3. The van der Waals surface area contributed by atoms with Crippen LogP contribution in [0, 0.1) is 0 Å². The molecule has 5 rings (SSSR count). The predicted molar refractivity (Wildman–Crippen MR) is 105 cm³/mol. The standard InChI is InChI=1S/C19H18F3N9/c1-11-8-30(9-13(28-11)12-4-26-27-5-12)16-2-3-23-18(29-16)14-6-25-17-7-24-15(10-31(14)17)19(20,21)22/h2-7,10-11,13,28H,8-9H2,1H3,(H,26,27). The molecule has 2 atom stereocenters. The zero-order chi connectivity index (χ0) is 21.6. The van der Waals surface area contributed by atoms with Crippen LogP contribution >= 0.6 is 0 Å². The first-order chi connectivity index (χ1) is 14.9. The second-order valence-electron chi connectivity index (χ2n) is 7.44. The Labute approximate surface area is 174 Å². The maximum atomic E-state index is 13.1. The smallest absolute Gasteiger partial charge is 0.353 e. The van der Waals surface area contributed by atoms with Gasteiger partial charge in [-0.1, -0.05) is 0 Å². The summed E-state index contributed by atoms with van der Waals surface area (Å²) in [7, 11) is 0. The van der Waals surface area contributed by atoms with Crippen molar-refractivity contribution in [2.45, 2.75) is 25.2 Å². The molecule has 0 spiro atoms. The zero-order valence-electron chi connectivity index (χ0n) is 16.4. The van der Waals surface area contributed by atoms with E-state index in [0.717, 1.165) is 24.5 Å². The Morgan fingerprint density at radius 3 is 2.74 bits per heavy atom. The molecular weight excluding hydrogens is 411 g/mol. The fourth-order valence-corrected chi connectivity index (χ4v) is 3.76. The van der Waals surface area contributed by atoms with Gasteiger partial charge in [-0.05, 0) is 13.0 Å². The molecule has 1 saturated heterocycles. The molecule has 5 heterocycles. The maximum Gasteiger partial charge on any atom is 0.434 e. The van der Waals surface area contributed by atoms with Crippen molar-refractivity contribution in [1.29, 1.82) is 0 Å². The van der Waals surface area contributed by atoms with Gasteiger partial charge in [-0.2, -0.15) is 18.3 Å². The summed E-state index contributed by atoms with van der Waals surface area (Å²) in [6.45, 7) is 3.47. The van der Waals surface area contributed by atoms with Crippen molar-refractivity contribution in [1.82, 2.24) is 39.9 Å². The topological polar surface area (TPSA) is 99.9 Å². The normalized spacial score (nSPS) is 19.8. The van der Waals surface area contributed by atoms with Gasteiger partial charge in [0, 0.05) is 43.3 Å². The van der Waals surface area contributed by atoms with Gasteiger partial charge >= 0.3 is 6.18 Å². The van der Waals surface area contributed by atoms with E-state index in [1.165, 1.54) is 10.6 Å². The Hall–Kier alpha value is -3.54. The summed E-state index contributed by atoms with van der Waals surface area (Å²) in [5, 5.41) is 10.4. The Balaban J connectivity index is 1.49. The van der Waals surface area contributed by atoms with E-state index in [0.29, 0.717) is 18.1 Å². The van der Waals surface area contributed by atoms with E-state index in [1.54, 1.807) is 18.5 Å². The van der Waals surface area contributed by atoms with Crippen LogP contribution in [0.3, 0.4) is 0 Å². The summed E-state index contributed by atoms with van der Waals surface area (Å²) in [4.78, 5) is 18.6. The number of aromatic amines is 1. The second kappa shape index (κ2) is 7.30. The predicted octanol–water partition coefficient (Wildman–Crippen LogP) is 2.47. The van der Waals surface area contributed by atoms with Gasteiger partial charge < -0.3 is 10.2 Å². The van der Waals surface area contributed by atoms with Crippen molar-refractivity contribution in [3.63, 3.8) is 0 Å². The van der Waals surface area contributed by atoms with Crippen molar-refractivity contribution >= 4 is 11.5 Å². The monoisotopic (exact) mass is 429 g/mol. The molecule has 0 bridgehead atoms. The highest BCUT2D eigenvalue weighted by Gasteiger charge is 2.33. The summed E-state index contributed by atoms with van der Waals surface area (Å²) in [6, 6.07) is 2.06. The fraction of sp³-hybridized carbons (Fsp3) is 0.316. The first-order valence-electron chi connectivity index (χ1n) is 9.62. The van der Waals surface area contributed by atoms with Crippen molar-refractivity contribution in [2.24, 2.45) is 0 Å². The lowest BCUT2D eigenvalue weighted by atomic mass is 10.1. The highest BCUT2D eigenvalue weighted by atomic mass is 19.4. The highest BCUT2D eigenvalue weighted by molar-refractivity contribution is 5.58. The molecule has 0 saturated carbocycles. The molecule has 160 valence electrons. The molecule has 0 aliphatic carbocycles. The summed E-state index contributed by atoms with van der Waals surface area (Å²) in [5.41, 5.74) is 0.682. The zero-order valence-corrected chi connectivity index (χ0v) is 16.4. The number of anilines is 1. The lowest BCUT2D eigenvalue weighted by Gasteiger charge is -2.38. The van der Waals surface area contributed by atoms with E-state index in [4.69, 9.17) is 0 Å². The van der Waals surface area contributed by atoms with Crippen molar-refractivity contribution < 1.29 is 13.2 Å². The number of piperazine rings is 1. The Bertz CT molecular complexity index is 1200. The third kappa shape index (κ3) is 3.69. The van der Waals surface area contributed by atoms with E-state index in [2.05, 4.69) is 47.3 Å². The van der Waals surface area contributed by atoms with Crippen molar-refractivity contribution in [2.75, 3.05) is 18.0 Å². The van der Waals surface area contributed by atoms with Crippen LogP contribution in [0.15, 0.2) is 43.2 Å². The fourth-order valence-electron chi connectivity index (χ4n) is 3.76. The summed E-state index contributed by atoms with van der Waals surface area (Å²) < 4.78 is 40.6. The van der Waals surface area contributed by atoms with Gasteiger partial charge in [-0.25, -0.2) is 19.9 Å². The minimum atomic E-state index is -4.56. The number of fused-ring (bicyclic) bond motifs is 1. The van der Waals surface area contributed by atoms with Crippen LogP contribution < -0.4 is 10.2 Å². The highest BCUT2D eigenvalue weighted by Crippen LogP contribution is 2.29. The second-order valence-corrected chi connectivity index (χ2v) is 7.44. The third-order valence-corrected chi connectivity index (χ3v) is 5.19. The van der Waals surface area contributed by atoms with Gasteiger partial charge in [0.2, 0.25) is 0 Å². The van der Waals surface area contributed by atoms with Gasteiger partial charge in [-0.15, -0.1) is 0 Å². The summed E-state index contributed by atoms with van der Waals surface area (Å²) in [5.74, 6) is 0.974. The number of nitrogens with one attached hydrogen (secondary N) is 2. The maximum absolute atomic E-state index is 13.1. The van der Waals surface area contributed by atoms with Crippen LogP contribution in [0.2, 0.25) is 0 Å². The average Bonchev–Trinajstić information content (AvgIpc) is 3.42. The molecule has 1 fully saturated rings. The van der Waals surface area contributed by atoms with E-state index in [9.17, 15) is 13.2 Å². The lowest BCUT2D eigenvalue weighted by molar-refractivity contribution is -0.141. The number of nitrogens with zero attached hydrogens (tertiary/aromatic N) is 7. The lowest BCUT2D eigenvalue weighted by Crippen LogP contribution is -2.51. The van der Waals surface area contributed by atoms with E-state index in [1.807, 2.05) is 6.20 Å². The Morgan fingerprint density at radius 1 is 1.10 bits per heavy atom. The number of halogens is 3. The minimum absolute atomic E-state index is 0.0668. The number of imidazole rings is 1. The van der Waals surface area contributed by atoms with Gasteiger partial charge in [0.25, 0.3) is 0 Å². The van der Waals surface area contributed by atoms with Crippen LogP contribution in [0.4, 0.5) is 19.0 Å². The van der Waals surface area contributed by atoms with Gasteiger partial charge in [0.15, 0.2) is 17.2 Å². The largest absolute Gasteiger partial charge is 0.434 e. The van der Waals surface area contributed by atoms with Gasteiger partial charge in [-0.3, -0.25) is 9.50 Å². The molecule has 4 aromatic heterocycles. The first-order valence-corrected chi connectivity index (χ1v) is 9.62. The van der Waals surface area contributed by atoms with E-state index >= 15 is 0 Å². The third-order valence-electron chi connectivity index (χ3n) is 5.19. The number of H-pyrrole nitrogens is 1. The molecule has 0 radical (unpaired) electrons. The van der Waals surface area contributed by atoms with Crippen LogP contribution in [0.25, 0.3) is 17.2 Å². The molecule has 9 nitrogen and oxygen atoms in total. The van der Waals surface area contributed by atoms with E-state index in [-0.39, 0.29) is 23.6 Å². The molecule has 4 aromatic rings. The number of hydrogen-bond acceptors (Lipinski definition) is 7. The van der Waals surface area contributed by atoms with Gasteiger partial charge in [0.05, 0.1) is 24.6 Å². The number of alkyl halides is 3. The van der Waals surface area contributed by atoms with Crippen molar-refractivity contribution in [3.8, 4) is 11.5 Å². The molecule has 31 heavy (non-hydrogen) atoms. The van der Waals surface area contributed by atoms with Gasteiger partial charge in [0.1, 0.15) is 11.5 Å². The molecule has 0 amide bonds. The van der Waals surface area contributed by atoms with Crippen LogP contribution in [-0.2, 0) is 6.18 Å². The first kappa shape index (κ1) is 19.4. The Kier molecular flexibility index (Phi) is 4.58. The van der Waals surface area contributed by atoms with Crippen LogP contribution in [-0.4, -0.2) is 53.7 Å². The average molecular weight is 429 g/mol. The molecule has 12 heteroatoms. The number of hydrogen-bond donors (Lipinski definition) is 2. The molecule has 2 N–H and O–H groups in total. The Morgan fingerprint density at radius 2 is 1.97 bits per heavy atom. The molecule has 2 unspecified atom stereocenters. The molecule has 1 aliphatic rings. The van der Waals surface area contributed by atoms with E-state index < -0.39 is 11.9 Å². The molecular formula is C19H18F3N9. The van der Waals surface area contributed by atoms with Crippen LogP contribution in [0.1, 0.15) is 24.2 Å².